The molecule has 0 saturated heterocycles. The molecule has 0 amide bonds. The van der Waals surface area contributed by atoms with Gasteiger partial charge in [0.2, 0.25) is 11.0 Å². The van der Waals surface area contributed by atoms with E-state index in [1.165, 1.54) is 44.9 Å². The third-order valence-electron chi connectivity index (χ3n) is 6.00. The lowest BCUT2D eigenvalue weighted by molar-refractivity contribution is -0.645. The second kappa shape index (κ2) is 10.9. The highest BCUT2D eigenvalue weighted by Gasteiger charge is 2.22. The van der Waals surface area contributed by atoms with Crippen LogP contribution in [0.1, 0.15) is 68.6 Å². The van der Waals surface area contributed by atoms with E-state index in [1.54, 1.807) is 30.3 Å². The summed E-state index contributed by atoms with van der Waals surface area (Å²) in [6, 6.07) is 18.3. The Morgan fingerprint density at radius 2 is 1.61 bits per heavy atom. The quantitative estimate of drug-likeness (QED) is 0.160. The largest absolute Gasteiger partial charge is 0.691 e. The Kier molecular flexibility index (Phi) is 7.55. The molecule has 1 heterocycles. The number of nitrogens with zero attached hydrogens (tertiary/aromatic N) is 3. The summed E-state index contributed by atoms with van der Waals surface area (Å²) in [6.45, 7) is 2.97. The lowest BCUT2D eigenvalue weighted by Gasteiger charge is -2.08. The van der Waals surface area contributed by atoms with Crippen LogP contribution in [0, 0.1) is 5.21 Å². The van der Waals surface area contributed by atoms with E-state index >= 15 is 0 Å². The molecule has 0 aliphatic heterocycles. The minimum absolute atomic E-state index is 0.335. The molecule has 4 aromatic rings. The van der Waals surface area contributed by atoms with Crippen LogP contribution in [0.5, 0.6) is 5.75 Å². The van der Waals surface area contributed by atoms with Gasteiger partial charge in [0, 0.05) is 0 Å². The van der Waals surface area contributed by atoms with Gasteiger partial charge in [0.05, 0.1) is 12.2 Å². The van der Waals surface area contributed by atoms with E-state index in [-0.39, 0.29) is 5.91 Å². The first-order chi connectivity index (χ1) is 16.2. The Hall–Kier alpha value is -3.41. The van der Waals surface area contributed by atoms with Crippen LogP contribution in [0.15, 0.2) is 60.7 Å². The Balaban J connectivity index is 1.35. The molecule has 0 N–H and O–H groups in total. The molecule has 6 heteroatoms. The third-order valence-corrected chi connectivity index (χ3v) is 6.00. The fourth-order valence-electron chi connectivity index (χ4n) is 4.13. The summed E-state index contributed by atoms with van der Waals surface area (Å²) in [5.74, 6) is 0.507. The maximum absolute atomic E-state index is 13.0. The van der Waals surface area contributed by atoms with E-state index in [1.807, 2.05) is 30.3 Å². The molecule has 0 atom stereocenters. The SMILES string of the molecule is CCCCCCCCCCOc1ccc2cc(C(=O)n3n[n+]([O-])c4ccccc43)ccc2c1. The summed E-state index contributed by atoms with van der Waals surface area (Å²) >= 11 is 0. The number of benzene rings is 3. The summed E-state index contributed by atoms with van der Waals surface area (Å²) in [4.78, 5) is 13.5. The monoisotopic (exact) mass is 445 g/mol. The number of fused-ring (bicyclic) bond motifs is 2. The first kappa shape index (κ1) is 22.8. The molecule has 0 bridgehead atoms. The van der Waals surface area contributed by atoms with Crippen molar-refractivity contribution in [2.24, 2.45) is 0 Å². The van der Waals surface area contributed by atoms with Crippen LogP contribution >= 0.6 is 0 Å². The minimum atomic E-state index is -0.335. The third kappa shape index (κ3) is 5.51. The molecule has 3 aromatic carbocycles. The number of ether oxygens (including phenoxy) is 1. The summed E-state index contributed by atoms with van der Waals surface area (Å²) in [6.07, 6.45) is 10.2. The van der Waals surface area contributed by atoms with Gasteiger partial charge >= 0.3 is 5.91 Å². The molecule has 0 aliphatic carbocycles. The zero-order valence-corrected chi connectivity index (χ0v) is 19.2. The molecule has 0 spiro atoms. The highest BCUT2D eigenvalue weighted by molar-refractivity contribution is 6.02. The van der Waals surface area contributed by atoms with E-state index in [9.17, 15) is 10.0 Å². The topological polar surface area (TPSA) is 71.1 Å². The van der Waals surface area contributed by atoms with Crippen molar-refractivity contribution in [3.63, 3.8) is 0 Å². The van der Waals surface area contributed by atoms with Crippen LogP contribution in [0.4, 0.5) is 0 Å². The highest BCUT2D eigenvalue weighted by atomic mass is 16.5. The van der Waals surface area contributed by atoms with Crippen molar-refractivity contribution < 1.29 is 14.4 Å². The number of hydrogen-bond donors (Lipinski definition) is 0. The number of hydrogen-bond acceptors (Lipinski definition) is 4. The molecule has 172 valence electrons. The highest BCUT2D eigenvalue weighted by Crippen LogP contribution is 2.23. The number of rotatable bonds is 11. The van der Waals surface area contributed by atoms with Crippen molar-refractivity contribution >= 4 is 27.7 Å². The number of aromatic nitrogens is 3. The predicted molar refractivity (Wildman–Crippen MR) is 130 cm³/mol. The number of para-hydroxylation sites is 2. The van der Waals surface area contributed by atoms with Gasteiger partial charge < -0.3 is 9.94 Å². The van der Waals surface area contributed by atoms with Gasteiger partial charge in [0.15, 0.2) is 0 Å². The molecule has 0 aliphatic rings. The van der Waals surface area contributed by atoms with Gasteiger partial charge in [0.1, 0.15) is 11.0 Å². The van der Waals surface area contributed by atoms with Crippen LogP contribution in [-0.2, 0) is 0 Å². The zero-order valence-electron chi connectivity index (χ0n) is 19.2. The Labute approximate surface area is 194 Å². The minimum Gasteiger partial charge on any atom is -0.691 e. The van der Waals surface area contributed by atoms with Gasteiger partial charge in [-0.2, -0.15) is 0 Å². The van der Waals surface area contributed by atoms with Crippen LogP contribution in [-0.4, -0.2) is 22.4 Å². The Bertz CT molecular complexity index is 1230. The van der Waals surface area contributed by atoms with Crippen LogP contribution in [0.25, 0.3) is 21.8 Å². The number of carbonyl (C=O) groups is 1. The summed E-state index contributed by atoms with van der Waals surface area (Å²) < 4.78 is 7.10. The molecule has 33 heavy (non-hydrogen) atoms. The second-order valence-electron chi connectivity index (χ2n) is 8.52. The average Bonchev–Trinajstić information content (AvgIpc) is 3.18. The average molecular weight is 446 g/mol. The van der Waals surface area contributed by atoms with Crippen LogP contribution in [0.2, 0.25) is 0 Å². The van der Waals surface area contributed by atoms with Crippen molar-refractivity contribution in [1.29, 1.82) is 0 Å². The molecular weight excluding hydrogens is 414 g/mol. The van der Waals surface area contributed by atoms with Crippen molar-refractivity contribution in [1.82, 2.24) is 9.90 Å². The Morgan fingerprint density at radius 3 is 2.42 bits per heavy atom. The van der Waals surface area contributed by atoms with E-state index in [2.05, 4.69) is 12.1 Å². The smallest absolute Gasteiger partial charge is 0.366 e. The summed E-state index contributed by atoms with van der Waals surface area (Å²) in [5, 5.41) is 17.8. The molecular formula is C27H31N3O3. The molecule has 1 aromatic heterocycles. The molecule has 6 nitrogen and oxygen atoms in total. The Morgan fingerprint density at radius 1 is 0.909 bits per heavy atom. The van der Waals surface area contributed by atoms with Crippen LogP contribution in [0.3, 0.4) is 0 Å². The number of unbranched alkanes of at least 4 members (excludes halogenated alkanes) is 7. The molecule has 0 saturated carbocycles. The summed E-state index contributed by atoms with van der Waals surface area (Å²) in [7, 11) is 0. The molecule has 0 unspecified atom stereocenters. The number of carbonyl (C=O) groups excluding carboxylic acids is 1. The van der Waals surface area contributed by atoms with Crippen molar-refractivity contribution in [3.8, 4) is 5.75 Å². The second-order valence-corrected chi connectivity index (χ2v) is 8.52. The van der Waals surface area contributed by atoms with E-state index < -0.39 is 0 Å². The predicted octanol–water partition coefficient (Wildman–Crippen LogP) is 6.03. The maximum Gasteiger partial charge on any atom is 0.366 e. The summed E-state index contributed by atoms with van der Waals surface area (Å²) in [5.41, 5.74) is 1.33. The normalized spacial score (nSPS) is 11.3. The van der Waals surface area contributed by atoms with Crippen LogP contribution < -0.4 is 9.58 Å². The standard InChI is InChI=1S/C27H31N3O3/c1-2-3-4-5-6-7-8-11-18-33-24-17-16-21-19-23(15-14-22(21)20-24)27(31)29-25-12-9-10-13-26(25)30(32)28-29/h9-10,12-17,19-20H,2-8,11,18H2,1H3. The van der Waals surface area contributed by atoms with E-state index in [0.29, 0.717) is 21.4 Å². The van der Waals surface area contributed by atoms with Gasteiger partial charge in [-0.05, 0) is 53.6 Å². The van der Waals surface area contributed by atoms with Crippen molar-refractivity contribution in [2.75, 3.05) is 6.61 Å². The molecule has 4 rings (SSSR count). The lowest BCUT2D eigenvalue weighted by atomic mass is 10.1. The fourth-order valence-corrected chi connectivity index (χ4v) is 4.13. The first-order valence-electron chi connectivity index (χ1n) is 12.0. The van der Waals surface area contributed by atoms with E-state index in [4.69, 9.17) is 4.74 Å². The maximum atomic E-state index is 13.0. The van der Waals surface area contributed by atoms with Gasteiger partial charge in [0.25, 0.3) is 0 Å². The van der Waals surface area contributed by atoms with Gasteiger partial charge in [-0.3, -0.25) is 0 Å². The van der Waals surface area contributed by atoms with Gasteiger partial charge in [-0.15, -0.1) is 4.85 Å². The first-order valence-corrected chi connectivity index (χ1v) is 12.0. The lowest BCUT2D eigenvalue weighted by Crippen LogP contribution is -2.31. The molecule has 0 fully saturated rings. The van der Waals surface area contributed by atoms with E-state index in [0.717, 1.165) is 34.2 Å². The van der Waals surface area contributed by atoms with Gasteiger partial charge in [-0.1, -0.05) is 80.8 Å². The fraction of sp³-hybridized carbons (Fsp3) is 0.370. The van der Waals surface area contributed by atoms with Gasteiger partial charge in [-0.25, -0.2) is 4.79 Å². The van der Waals surface area contributed by atoms with Crippen molar-refractivity contribution in [3.05, 3.63) is 71.4 Å². The van der Waals surface area contributed by atoms with Crippen molar-refractivity contribution in [2.45, 2.75) is 58.3 Å². The zero-order chi connectivity index (χ0) is 23.0. The molecule has 0 radical (unpaired) electrons.